The molecule has 5 aliphatic carbocycles. The van der Waals surface area contributed by atoms with Crippen LogP contribution in [0.4, 0.5) is 0 Å². The van der Waals surface area contributed by atoms with Crippen molar-refractivity contribution in [1.82, 2.24) is 0 Å². The number of hydrogen-bond donors (Lipinski definition) is 0. The molecule has 6 heteroatoms. The Bertz CT molecular complexity index is 1260. The van der Waals surface area contributed by atoms with Gasteiger partial charge in [-0.1, -0.05) is 44.2 Å². The maximum absolute atomic E-state index is 13.4. The first-order valence-electron chi connectivity index (χ1n) is 13.4. The van der Waals surface area contributed by atoms with Gasteiger partial charge in [-0.25, -0.2) is 4.79 Å². The van der Waals surface area contributed by atoms with Crippen molar-refractivity contribution in [3.63, 3.8) is 0 Å². The topological polar surface area (TPSA) is 86.7 Å². The summed E-state index contributed by atoms with van der Waals surface area (Å²) in [7, 11) is 0. The van der Waals surface area contributed by atoms with Gasteiger partial charge in [0.15, 0.2) is 17.2 Å². The van der Waals surface area contributed by atoms with Crippen molar-refractivity contribution in [2.45, 2.75) is 65.1 Å². The molecule has 194 valence electrons. The van der Waals surface area contributed by atoms with Crippen LogP contribution in [0.2, 0.25) is 0 Å². The van der Waals surface area contributed by atoms with Crippen LogP contribution in [-0.2, 0) is 23.9 Å². The molecule has 0 N–H and O–H groups in total. The second kappa shape index (κ2) is 7.99. The molecule has 0 bridgehead atoms. The van der Waals surface area contributed by atoms with Crippen LogP contribution >= 0.6 is 0 Å². The highest BCUT2D eigenvalue weighted by Crippen LogP contribution is 2.71. The predicted molar refractivity (Wildman–Crippen MR) is 135 cm³/mol. The number of benzene rings is 1. The van der Waals surface area contributed by atoms with Crippen molar-refractivity contribution in [3.05, 3.63) is 59.7 Å². The third-order valence-corrected chi connectivity index (χ3v) is 10.6. The average Bonchev–Trinajstić information content (AvgIpc) is 3.61. The normalized spacial score (nSPS) is 42.9. The number of allylic oxidation sites excluding steroid dienone is 4. The Morgan fingerprint density at radius 2 is 1.76 bits per heavy atom. The van der Waals surface area contributed by atoms with E-state index in [0.717, 1.165) is 18.4 Å². The maximum Gasteiger partial charge on any atom is 0.338 e. The summed E-state index contributed by atoms with van der Waals surface area (Å²) in [5, 5.41) is 0. The lowest BCUT2D eigenvalue weighted by atomic mass is 9.46. The standard InChI is InChI=1S/C31H34O6/c1-17(32)31(37-18(2)33)13-12-23-21-11-10-20-14-25(34)22-15-24(22)30(20,4)27(21)26(16-29(23,31)3)36-28(35)19-8-6-5-7-9-19/h5-11,14,21-24,26-27H,12-13,15-16H2,1-4H3/t21-,22+,23-,24-,26-,27+,29-,30+,31-/m0/s1. The van der Waals surface area contributed by atoms with Crippen molar-refractivity contribution in [1.29, 1.82) is 0 Å². The predicted octanol–water partition coefficient (Wildman–Crippen LogP) is 4.88. The first-order chi connectivity index (χ1) is 17.5. The van der Waals surface area contributed by atoms with Gasteiger partial charge < -0.3 is 9.47 Å². The van der Waals surface area contributed by atoms with E-state index in [1.54, 1.807) is 18.2 Å². The van der Waals surface area contributed by atoms with Gasteiger partial charge in [0, 0.05) is 29.6 Å². The van der Waals surface area contributed by atoms with E-state index in [1.807, 2.05) is 25.1 Å². The molecular weight excluding hydrogens is 468 g/mol. The van der Waals surface area contributed by atoms with Gasteiger partial charge in [0.25, 0.3) is 0 Å². The van der Waals surface area contributed by atoms with Gasteiger partial charge in [0.05, 0.1) is 5.56 Å². The number of ketones is 2. The lowest BCUT2D eigenvalue weighted by Gasteiger charge is -2.59. The number of carbonyl (C=O) groups is 4. The third kappa shape index (κ3) is 3.23. The van der Waals surface area contributed by atoms with Crippen LogP contribution in [-0.4, -0.2) is 35.2 Å². The minimum absolute atomic E-state index is 0.0284. The summed E-state index contributed by atoms with van der Waals surface area (Å²) >= 11 is 0. The molecule has 3 saturated carbocycles. The smallest absolute Gasteiger partial charge is 0.338 e. The number of carbonyl (C=O) groups excluding carboxylic acids is 4. The van der Waals surface area contributed by atoms with Crippen LogP contribution < -0.4 is 0 Å². The van der Waals surface area contributed by atoms with Gasteiger partial charge in [-0.2, -0.15) is 0 Å². The number of ether oxygens (including phenoxy) is 2. The fourth-order valence-electron chi connectivity index (χ4n) is 8.92. The van der Waals surface area contributed by atoms with E-state index in [1.165, 1.54) is 13.8 Å². The minimum Gasteiger partial charge on any atom is -0.458 e. The van der Waals surface area contributed by atoms with E-state index in [9.17, 15) is 19.2 Å². The van der Waals surface area contributed by atoms with E-state index >= 15 is 0 Å². The Labute approximate surface area is 217 Å². The average molecular weight is 503 g/mol. The molecule has 37 heavy (non-hydrogen) atoms. The molecule has 0 aromatic heterocycles. The summed E-state index contributed by atoms with van der Waals surface area (Å²) in [6.07, 6.45) is 8.06. The first-order valence-corrected chi connectivity index (χ1v) is 13.4. The van der Waals surface area contributed by atoms with Crippen LogP contribution in [0.1, 0.15) is 63.7 Å². The number of hydrogen-bond acceptors (Lipinski definition) is 6. The van der Waals surface area contributed by atoms with E-state index in [4.69, 9.17) is 9.47 Å². The maximum atomic E-state index is 13.4. The monoisotopic (exact) mass is 502 g/mol. The van der Waals surface area contributed by atoms with Crippen molar-refractivity contribution >= 4 is 23.5 Å². The number of rotatable bonds is 4. The zero-order valence-corrected chi connectivity index (χ0v) is 21.9. The first kappa shape index (κ1) is 24.3. The second-order valence-electron chi connectivity index (χ2n) is 12.2. The molecule has 9 atom stereocenters. The molecule has 0 spiro atoms. The highest BCUT2D eigenvalue weighted by Gasteiger charge is 2.72. The lowest BCUT2D eigenvalue weighted by molar-refractivity contribution is -0.194. The lowest BCUT2D eigenvalue weighted by Crippen LogP contribution is -2.62. The molecule has 3 fully saturated rings. The van der Waals surface area contributed by atoms with Crippen LogP contribution in [0.5, 0.6) is 0 Å². The molecule has 0 saturated heterocycles. The van der Waals surface area contributed by atoms with E-state index in [-0.39, 0.29) is 46.6 Å². The largest absolute Gasteiger partial charge is 0.458 e. The fourth-order valence-corrected chi connectivity index (χ4v) is 8.92. The number of esters is 2. The number of fused-ring (bicyclic) bond motifs is 7. The summed E-state index contributed by atoms with van der Waals surface area (Å²) in [4.78, 5) is 51.5. The molecule has 0 unspecified atom stereocenters. The molecule has 1 aromatic rings. The fraction of sp³-hybridized carbons (Fsp3) is 0.548. The van der Waals surface area contributed by atoms with E-state index in [2.05, 4.69) is 19.1 Å². The number of Topliss-reactive ketones (excluding diaryl/α,β-unsaturated/α-hetero) is 1. The minimum atomic E-state index is -1.25. The summed E-state index contributed by atoms with van der Waals surface area (Å²) in [5.41, 5.74) is -0.739. The highest BCUT2D eigenvalue weighted by molar-refractivity contribution is 5.97. The van der Waals surface area contributed by atoms with Gasteiger partial charge in [-0.15, -0.1) is 0 Å². The van der Waals surface area contributed by atoms with E-state index < -0.39 is 29.1 Å². The van der Waals surface area contributed by atoms with Gasteiger partial charge in [-0.3, -0.25) is 14.4 Å². The molecule has 6 nitrogen and oxygen atoms in total. The second-order valence-corrected chi connectivity index (χ2v) is 12.2. The van der Waals surface area contributed by atoms with Crippen LogP contribution in [0.25, 0.3) is 0 Å². The van der Waals surface area contributed by atoms with Gasteiger partial charge in [0.2, 0.25) is 0 Å². The molecule has 1 aromatic carbocycles. The van der Waals surface area contributed by atoms with Gasteiger partial charge in [0.1, 0.15) is 6.10 Å². The van der Waals surface area contributed by atoms with Crippen LogP contribution in [0, 0.1) is 40.4 Å². The highest BCUT2D eigenvalue weighted by atomic mass is 16.6. The molecular formula is C31H34O6. The summed E-state index contributed by atoms with van der Waals surface area (Å²) < 4.78 is 12.3. The Morgan fingerprint density at radius 3 is 2.43 bits per heavy atom. The Hall–Kier alpha value is -3.02. The zero-order valence-electron chi connectivity index (χ0n) is 21.9. The van der Waals surface area contributed by atoms with Crippen molar-refractivity contribution in [3.8, 4) is 0 Å². The molecule has 6 rings (SSSR count). The summed E-state index contributed by atoms with van der Waals surface area (Å²) in [5.74, 6) is -0.474. The quantitative estimate of drug-likeness (QED) is 0.546. The van der Waals surface area contributed by atoms with Crippen molar-refractivity contribution < 1.29 is 28.7 Å². The molecule has 0 amide bonds. The third-order valence-electron chi connectivity index (χ3n) is 10.6. The molecule has 0 radical (unpaired) electrons. The van der Waals surface area contributed by atoms with E-state index in [0.29, 0.717) is 18.4 Å². The zero-order chi connectivity index (χ0) is 26.3. The molecule has 0 aliphatic heterocycles. The summed E-state index contributed by atoms with van der Waals surface area (Å²) in [6.45, 7) is 7.14. The Kier molecular flexibility index (Phi) is 5.25. The van der Waals surface area contributed by atoms with Crippen LogP contribution in [0.3, 0.4) is 0 Å². The van der Waals surface area contributed by atoms with Crippen LogP contribution in [0.15, 0.2) is 54.1 Å². The van der Waals surface area contributed by atoms with Gasteiger partial charge in [-0.05, 0) is 74.1 Å². The summed E-state index contributed by atoms with van der Waals surface area (Å²) in [6, 6.07) is 8.96. The van der Waals surface area contributed by atoms with Crippen molar-refractivity contribution in [2.75, 3.05) is 0 Å². The molecule has 0 heterocycles. The Morgan fingerprint density at radius 1 is 1.03 bits per heavy atom. The SMILES string of the molecule is CC(=O)O[C@]1(C(C)=O)CC[C@H]2[C@@H]3C=CC4=CC(=O)[C@@H]5C[C@@H]5[C@]4(C)[C@H]3[C@@H](OC(=O)c3ccccc3)C[C@@]21C. The Balaban J connectivity index is 1.48. The molecule has 5 aliphatic rings. The van der Waals surface area contributed by atoms with Gasteiger partial charge >= 0.3 is 11.9 Å². The van der Waals surface area contributed by atoms with Crippen molar-refractivity contribution in [2.24, 2.45) is 40.4 Å².